The van der Waals surface area contributed by atoms with Crippen LogP contribution >= 0.6 is 0 Å². The average Bonchev–Trinajstić information content (AvgIpc) is 3.00. The van der Waals surface area contributed by atoms with Gasteiger partial charge in [-0.15, -0.1) is 0 Å². The van der Waals surface area contributed by atoms with Gasteiger partial charge in [-0.1, -0.05) is 95.0 Å². The quantitative estimate of drug-likeness (QED) is 0.187. The van der Waals surface area contributed by atoms with Crippen molar-refractivity contribution < 1.29 is 28.1 Å². The van der Waals surface area contributed by atoms with Crippen LogP contribution in [-0.4, -0.2) is 47.3 Å². The van der Waals surface area contributed by atoms with Crippen LogP contribution in [0.2, 0.25) is 0 Å². The SMILES string of the molecule is CCCCCCCCCCCCOc1cc(B2OCCCO2)c(OCc2ccccc2)cc1B1OCCCO1. The van der Waals surface area contributed by atoms with Crippen LogP contribution in [0.25, 0.3) is 0 Å². The second kappa shape index (κ2) is 17.6. The first-order chi connectivity index (χ1) is 19.3. The first kappa shape index (κ1) is 30.0. The predicted octanol–water partition coefficient (Wildman–Crippen LogP) is 5.83. The zero-order valence-corrected chi connectivity index (χ0v) is 23.9. The molecule has 0 aromatic heterocycles. The molecule has 2 aliphatic heterocycles. The third-order valence-electron chi connectivity index (χ3n) is 7.30. The minimum atomic E-state index is -0.480. The van der Waals surface area contributed by atoms with E-state index in [-0.39, 0.29) is 0 Å². The highest BCUT2D eigenvalue weighted by Gasteiger charge is 2.34. The molecule has 2 aromatic rings. The molecule has 0 unspecified atom stereocenters. The molecule has 2 saturated heterocycles. The Bertz CT molecular complexity index is 932. The van der Waals surface area contributed by atoms with Crippen LogP contribution < -0.4 is 20.4 Å². The van der Waals surface area contributed by atoms with Gasteiger partial charge in [0.2, 0.25) is 0 Å². The van der Waals surface area contributed by atoms with Crippen LogP contribution in [0.5, 0.6) is 11.5 Å². The van der Waals surface area contributed by atoms with E-state index in [1.807, 2.05) is 30.3 Å². The van der Waals surface area contributed by atoms with Gasteiger partial charge < -0.3 is 28.1 Å². The maximum atomic E-state index is 6.38. The summed E-state index contributed by atoms with van der Waals surface area (Å²) in [6.07, 6.45) is 14.7. The molecule has 0 radical (unpaired) electrons. The Kier molecular flexibility index (Phi) is 13.6. The molecule has 2 aliphatic rings. The maximum Gasteiger partial charge on any atom is 0.497 e. The third-order valence-corrected chi connectivity index (χ3v) is 7.30. The molecule has 0 bridgehead atoms. The molecule has 6 nitrogen and oxygen atoms in total. The van der Waals surface area contributed by atoms with Crippen molar-refractivity contribution >= 4 is 25.2 Å². The highest BCUT2D eigenvalue weighted by atomic mass is 16.6. The Balaban J connectivity index is 1.40. The number of rotatable bonds is 17. The predicted molar refractivity (Wildman–Crippen MR) is 158 cm³/mol. The zero-order chi connectivity index (χ0) is 27.0. The molecule has 2 heterocycles. The summed E-state index contributed by atoms with van der Waals surface area (Å²) in [6.45, 7) is 6.03. The Morgan fingerprint density at radius 1 is 0.615 bits per heavy atom. The lowest BCUT2D eigenvalue weighted by atomic mass is 9.71. The van der Waals surface area contributed by atoms with Gasteiger partial charge in [0.05, 0.1) is 6.61 Å². The molecule has 2 aromatic carbocycles. The third kappa shape index (κ3) is 10.2. The van der Waals surface area contributed by atoms with Gasteiger partial charge in [0.15, 0.2) is 0 Å². The van der Waals surface area contributed by atoms with E-state index in [2.05, 4.69) is 19.1 Å². The van der Waals surface area contributed by atoms with Gasteiger partial charge in [-0.25, -0.2) is 0 Å². The molecule has 0 aliphatic carbocycles. The van der Waals surface area contributed by atoms with E-state index in [1.54, 1.807) is 0 Å². The Labute approximate surface area is 236 Å². The van der Waals surface area contributed by atoms with E-state index < -0.39 is 14.2 Å². The smallest absolute Gasteiger partial charge is 0.494 e. The summed E-state index contributed by atoms with van der Waals surface area (Å²) >= 11 is 0. The molecule has 0 atom stereocenters. The molecular formula is C31H46B2O6. The van der Waals surface area contributed by atoms with E-state index in [1.165, 1.54) is 57.8 Å². The van der Waals surface area contributed by atoms with E-state index in [0.29, 0.717) is 45.4 Å². The van der Waals surface area contributed by atoms with E-state index in [4.69, 9.17) is 28.1 Å². The summed E-state index contributed by atoms with van der Waals surface area (Å²) in [5.74, 6) is 1.47. The van der Waals surface area contributed by atoms with Gasteiger partial charge in [-0.3, -0.25) is 0 Å². The molecule has 0 N–H and O–H groups in total. The maximum absolute atomic E-state index is 6.38. The first-order valence-electron chi connectivity index (χ1n) is 15.3. The highest BCUT2D eigenvalue weighted by molar-refractivity contribution is 6.65. The Hall–Kier alpha value is -1.99. The summed E-state index contributed by atoms with van der Waals surface area (Å²) in [6, 6.07) is 14.2. The lowest BCUT2D eigenvalue weighted by molar-refractivity contribution is 0.141. The number of hydrogen-bond acceptors (Lipinski definition) is 6. The summed E-state index contributed by atoms with van der Waals surface area (Å²) in [4.78, 5) is 0. The number of unbranched alkanes of at least 4 members (excludes halogenated alkanes) is 9. The second-order valence-electron chi connectivity index (χ2n) is 10.6. The summed E-state index contributed by atoms with van der Waals surface area (Å²) in [5, 5.41) is 0. The van der Waals surface area contributed by atoms with Crippen molar-refractivity contribution in [3.63, 3.8) is 0 Å². The monoisotopic (exact) mass is 536 g/mol. The molecule has 39 heavy (non-hydrogen) atoms. The van der Waals surface area contributed by atoms with Gasteiger partial charge in [0, 0.05) is 37.4 Å². The van der Waals surface area contributed by atoms with E-state index >= 15 is 0 Å². The van der Waals surface area contributed by atoms with Crippen molar-refractivity contribution in [3.05, 3.63) is 48.0 Å². The van der Waals surface area contributed by atoms with Crippen molar-refractivity contribution in [3.8, 4) is 11.5 Å². The van der Waals surface area contributed by atoms with Crippen LogP contribution in [0.15, 0.2) is 42.5 Å². The summed E-state index contributed by atoms with van der Waals surface area (Å²) in [5.41, 5.74) is 2.81. The van der Waals surface area contributed by atoms with Gasteiger partial charge in [0.1, 0.15) is 18.1 Å². The lowest BCUT2D eigenvalue weighted by Crippen LogP contribution is -2.45. The minimum Gasteiger partial charge on any atom is -0.494 e. The van der Waals surface area contributed by atoms with E-state index in [9.17, 15) is 0 Å². The Morgan fingerprint density at radius 3 is 1.64 bits per heavy atom. The van der Waals surface area contributed by atoms with Gasteiger partial charge in [-0.05, 0) is 37.0 Å². The van der Waals surface area contributed by atoms with Crippen molar-refractivity contribution in [2.24, 2.45) is 0 Å². The standard InChI is InChI=1S/C31H46B2O6/c1-2-3-4-5-6-7-8-9-10-14-19-34-30-24-29(33-38-22-16-23-39-33)31(35-26-27-17-12-11-13-18-27)25-28(30)32-36-20-15-21-37-32/h11-13,17-18,24-25H,2-10,14-16,19-23,26H2,1H3. The average molecular weight is 536 g/mol. The van der Waals surface area contributed by atoms with Gasteiger partial charge in [-0.2, -0.15) is 0 Å². The summed E-state index contributed by atoms with van der Waals surface area (Å²) in [7, 11) is -0.950. The molecule has 8 heteroatoms. The van der Waals surface area contributed by atoms with Gasteiger partial charge in [0.25, 0.3) is 0 Å². The lowest BCUT2D eigenvalue weighted by Gasteiger charge is -2.26. The van der Waals surface area contributed by atoms with Gasteiger partial charge >= 0.3 is 14.2 Å². The fourth-order valence-corrected chi connectivity index (χ4v) is 5.05. The number of ether oxygens (including phenoxy) is 2. The van der Waals surface area contributed by atoms with Crippen LogP contribution in [-0.2, 0) is 25.2 Å². The molecule has 0 amide bonds. The van der Waals surface area contributed by atoms with Crippen LogP contribution in [0.4, 0.5) is 0 Å². The minimum absolute atomic E-state index is 0.450. The second-order valence-corrected chi connectivity index (χ2v) is 10.6. The zero-order valence-electron chi connectivity index (χ0n) is 23.9. The number of hydrogen-bond donors (Lipinski definition) is 0. The largest absolute Gasteiger partial charge is 0.497 e. The fraction of sp³-hybridized carbons (Fsp3) is 0.613. The molecule has 2 fully saturated rings. The Morgan fingerprint density at radius 2 is 1.10 bits per heavy atom. The topological polar surface area (TPSA) is 55.4 Å². The molecular weight excluding hydrogens is 490 g/mol. The molecule has 4 rings (SSSR count). The van der Waals surface area contributed by atoms with Crippen LogP contribution in [0.3, 0.4) is 0 Å². The van der Waals surface area contributed by atoms with Crippen molar-refractivity contribution in [2.75, 3.05) is 33.0 Å². The highest BCUT2D eigenvalue weighted by Crippen LogP contribution is 2.21. The van der Waals surface area contributed by atoms with Crippen molar-refractivity contribution in [1.29, 1.82) is 0 Å². The molecule has 0 saturated carbocycles. The van der Waals surface area contributed by atoms with Crippen molar-refractivity contribution in [2.45, 2.75) is 90.6 Å². The number of benzene rings is 2. The van der Waals surface area contributed by atoms with Crippen molar-refractivity contribution in [1.82, 2.24) is 0 Å². The van der Waals surface area contributed by atoms with Crippen LogP contribution in [0.1, 0.15) is 89.5 Å². The summed E-state index contributed by atoms with van der Waals surface area (Å²) < 4.78 is 36.7. The first-order valence-corrected chi connectivity index (χ1v) is 15.3. The normalized spacial score (nSPS) is 15.9. The molecule has 212 valence electrons. The van der Waals surface area contributed by atoms with E-state index in [0.717, 1.165) is 41.5 Å². The van der Waals surface area contributed by atoms with Crippen LogP contribution in [0, 0.1) is 0 Å². The molecule has 0 spiro atoms. The fourth-order valence-electron chi connectivity index (χ4n) is 5.05.